The Bertz CT molecular complexity index is 518. The van der Waals surface area contributed by atoms with Crippen LogP contribution in [0.25, 0.3) is 0 Å². The van der Waals surface area contributed by atoms with Crippen LogP contribution in [0.15, 0.2) is 29.3 Å². The molecule has 0 aliphatic carbocycles. The van der Waals surface area contributed by atoms with Crippen molar-refractivity contribution in [3.05, 3.63) is 35.4 Å². The number of hydrogen-bond acceptors (Lipinski definition) is 3. The van der Waals surface area contributed by atoms with E-state index >= 15 is 0 Å². The molecule has 0 unspecified atom stereocenters. The van der Waals surface area contributed by atoms with Gasteiger partial charge in [0.05, 0.1) is 0 Å². The standard InChI is InChI=1S/C20H34N4O/c1-3-4-15-25-16-7-11-22-20(21-2)23-12-14-24-13-10-18-8-5-6-9-19(18)17-24/h5-6,8-9H,3-4,7,10-17H2,1-2H3,(H2,21,22,23). The highest BCUT2D eigenvalue weighted by atomic mass is 16.5. The fourth-order valence-electron chi connectivity index (χ4n) is 3.03. The number of fused-ring (bicyclic) bond motifs is 1. The highest BCUT2D eigenvalue weighted by Gasteiger charge is 2.14. The molecule has 0 saturated carbocycles. The quantitative estimate of drug-likeness (QED) is 0.388. The van der Waals surface area contributed by atoms with E-state index in [1.54, 1.807) is 0 Å². The molecule has 0 radical (unpaired) electrons. The van der Waals surface area contributed by atoms with Gasteiger partial charge in [0.25, 0.3) is 0 Å². The monoisotopic (exact) mass is 346 g/mol. The van der Waals surface area contributed by atoms with Crippen molar-refractivity contribution in [3.63, 3.8) is 0 Å². The second kappa shape index (κ2) is 11.9. The summed E-state index contributed by atoms with van der Waals surface area (Å²) in [7, 11) is 1.82. The molecule has 2 N–H and O–H groups in total. The summed E-state index contributed by atoms with van der Waals surface area (Å²) >= 11 is 0. The summed E-state index contributed by atoms with van der Waals surface area (Å²) in [4.78, 5) is 6.79. The normalized spacial score (nSPS) is 15.0. The summed E-state index contributed by atoms with van der Waals surface area (Å²) in [6, 6.07) is 8.78. The number of nitrogens with zero attached hydrogens (tertiary/aromatic N) is 2. The second-order valence-corrected chi connectivity index (χ2v) is 6.54. The van der Waals surface area contributed by atoms with Crippen LogP contribution in [0.2, 0.25) is 0 Å². The van der Waals surface area contributed by atoms with Crippen LogP contribution in [-0.4, -0.2) is 57.3 Å². The van der Waals surface area contributed by atoms with Crippen molar-refractivity contribution in [3.8, 4) is 0 Å². The fourth-order valence-corrected chi connectivity index (χ4v) is 3.03. The first-order valence-corrected chi connectivity index (χ1v) is 9.65. The average molecular weight is 347 g/mol. The molecule has 0 saturated heterocycles. The molecular formula is C20H34N4O. The average Bonchev–Trinajstić information content (AvgIpc) is 2.65. The van der Waals surface area contributed by atoms with Crippen LogP contribution in [0.3, 0.4) is 0 Å². The van der Waals surface area contributed by atoms with Gasteiger partial charge in [0.2, 0.25) is 0 Å². The molecule has 1 heterocycles. The van der Waals surface area contributed by atoms with Crippen LogP contribution in [0.5, 0.6) is 0 Å². The second-order valence-electron chi connectivity index (χ2n) is 6.54. The number of ether oxygens (including phenoxy) is 1. The molecule has 140 valence electrons. The lowest BCUT2D eigenvalue weighted by Crippen LogP contribution is -2.43. The SMILES string of the molecule is CCCCOCCCNC(=NC)NCCN1CCc2ccccc2C1. The van der Waals surface area contributed by atoms with Crippen molar-refractivity contribution < 1.29 is 4.74 Å². The number of hydrogen-bond donors (Lipinski definition) is 2. The lowest BCUT2D eigenvalue weighted by Gasteiger charge is -2.28. The fraction of sp³-hybridized carbons (Fsp3) is 0.650. The van der Waals surface area contributed by atoms with Gasteiger partial charge in [0.15, 0.2) is 5.96 Å². The molecule has 1 aromatic carbocycles. The lowest BCUT2D eigenvalue weighted by atomic mass is 10.00. The topological polar surface area (TPSA) is 48.9 Å². The predicted molar refractivity (Wildman–Crippen MR) is 105 cm³/mol. The summed E-state index contributed by atoms with van der Waals surface area (Å²) in [5, 5.41) is 6.76. The molecule has 2 rings (SSSR count). The number of unbranched alkanes of at least 4 members (excludes halogenated alkanes) is 1. The Labute approximate surface area is 152 Å². The molecular weight excluding hydrogens is 312 g/mol. The molecule has 0 aromatic heterocycles. The zero-order valence-corrected chi connectivity index (χ0v) is 15.9. The highest BCUT2D eigenvalue weighted by Crippen LogP contribution is 2.17. The minimum Gasteiger partial charge on any atom is -0.381 e. The van der Waals surface area contributed by atoms with E-state index in [0.29, 0.717) is 0 Å². The smallest absolute Gasteiger partial charge is 0.191 e. The van der Waals surface area contributed by atoms with Gasteiger partial charge in [-0.05, 0) is 30.4 Å². The third kappa shape index (κ3) is 7.45. The van der Waals surface area contributed by atoms with Gasteiger partial charge in [-0.1, -0.05) is 37.6 Å². The third-order valence-electron chi connectivity index (χ3n) is 4.55. The Kier molecular flexibility index (Phi) is 9.37. The number of guanidine groups is 1. The molecule has 1 aliphatic heterocycles. The molecule has 0 spiro atoms. The van der Waals surface area contributed by atoms with E-state index in [9.17, 15) is 0 Å². The van der Waals surface area contributed by atoms with Crippen molar-refractivity contribution >= 4 is 5.96 Å². The van der Waals surface area contributed by atoms with Crippen molar-refractivity contribution in [2.24, 2.45) is 4.99 Å². The van der Waals surface area contributed by atoms with Crippen LogP contribution in [0, 0.1) is 0 Å². The summed E-state index contributed by atoms with van der Waals surface area (Å²) in [6.07, 6.45) is 4.50. The zero-order chi connectivity index (χ0) is 17.7. The summed E-state index contributed by atoms with van der Waals surface area (Å²) < 4.78 is 5.57. The van der Waals surface area contributed by atoms with Gasteiger partial charge in [0, 0.05) is 53.0 Å². The Morgan fingerprint density at radius 1 is 1.12 bits per heavy atom. The molecule has 1 aromatic rings. The van der Waals surface area contributed by atoms with Crippen LogP contribution in [0.1, 0.15) is 37.3 Å². The molecule has 0 amide bonds. The molecule has 0 bridgehead atoms. The number of rotatable bonds is 10. The number of benzene rings is 1. The van der Waals surface area contributed by atoms with Crippen LogP contribution in [-0.2, 0) is 17.7 Å². The van der Waals surface area contributed by atoms with Crippen molar-refractivity contribution in [2.75, 3.05) is 46.4 Å². The van der Waals surface area contributed by atoms with Gasteiger partial charge in [-0.15, -0.1) is 0 Å². The van der Waals surface area contributed by atoms with E-state index in [2.05, 4.69) is 51.7 Å². The highest BCUT2D eigenvalue weighted by molar-refractivity contribution is 5.79. The van der Waals surface area contributed by atoms with Crippen molar-refractivity contribution in [1.82, 2.24) is 15.5 Å². The van der Waals surface area contributed by atoms with E-state index in [4.69, 9.17) is 4.74 Å². The van der Waals surface area contributed by atoms with Gasteiger partial charge >= 0.3 is 0 Å². The van der Waals surface area contributed by atoms with Gasteiger partial charge < -0.3 is 15.4 Å². The number of nitrogens with one attached hydrogen (secondary N) is 2. The molecule has 5 nitrogen and oxygen atoms in total. The first kappa shape index (κ1) is 19.7. The maximum absolute atomic E-state index is 5.57. The molecule has 0 fully saturated rings. The van der Waals surface area contributed by atoms with Gasteiger partial charge in [-0.25, -0.2) is 0 Å². The van der Waals surface area contributed by atoms with Crippen LogP contribution >= 0.6 is 0 Å². The Hall–Kier alpha value is -1.59. The van der Waals surface area contributed by atoms with Gasteiger partial charge in [-0.2, -0.15) is 0 Å². The minimum atomic E-state index is 0.817. The Morgan fingerprint density at radius 2 is 1.88 bits per heavy atom. The maximum atomic E-state index is 5.57. The van der Waals surface area contributed by atoms with E-state index in [-0.39, 0.29) is 0 Å². The molecule has 1 aliphatic rings. The van der Waals surface area contributed by atoms with Gasteiger partial charge in [0.1, 0.15) is 0 Å². The van der Waals surface area contributed by atoms with Crippen molar-refractivity contribution in [2.45, 2.75) is 39.2 Å². The lowest BCUT2D eigenvalue weighted by molar-refractivity contribution is 0.129. The molecule has 5 heteroatoms. The third-order valence-corrected chi connectivity index (χ3v) is 4.55. The molecule has 25 heavy (non-hydrogen) atoms. The largest absolute Gasteiger partial charge is 0.381 e. The van der Waals surface area contributed by atoms with E-state index in [1.165, 1.54) is 17.5 Å². The molecule has 0 atom stereocenters. The summed E-state index contributed by atoms with van der Waals surface area (Å²) in [5.41, 5.74) is 2.98. The number of aliphatic imine (C=N–C) groups is 1. The Balaban J connectivity index is 1.56. The van der Waals surface area contributed by atoms with Crippen molar-refractivity contribution in [1.29, 1.82) is 0 Å². The van der Waals surface area contributed by atoms with E-state index < -0.39 is 0 Å². The van der Waals surface area contributed by atoms with Crippen LogP contribution in [0.4, 0.5) is 0 Å². The summed E-state index contributed by atoms with van der Waals surface area (Å²) in [5.74, 6) is 0.881. The van der Waals surface area contributed by atoms with E-state index in [0.717, 1.165) is 71.2 Å². The summed E-state index contributed by atoms with van der Waals surface area (Å²) in [6.45, 7) is 8.91. The minimum absolute atomic E-state index is 0.817. The first-order chi connectivity index (χ1) is 12.3. The zero-order valence-electron chi connectivity index (χ0n) is 15.9. The van der Waals surface area contributed by atoms with Crippen LogP contribution < -0.4 is 10.6 Å². The van der Waals surface area contributed by atoms with Gasteiger partial charge in [-0.3, -0.25) is 9.89 Å². The predicted octanol–water partition coefficient (Wildman–Crippen LogP) is 2.42. The maximum Gasteiger partial charge on any atom is 0.191 e. The Morgan fingerprint density at radius 3 is 2.68 bits per heavy atom. The first-order valence-electron chi connectivity index (χ1n) is 9.65. The van der Waals surface area contributed by atoms with E-state index in [1.807, 2.05) is 7.05 Å².